The van der Waals surface area contributed by atoms with Crippen LogP contribution in [-0.2, 0) is 10.9 Å². The molecule has 1 aliphatic rings. The van der Waals surface area contributed by atoms with Gasteiger partial charge in [0.05, 0.1) is 11.7 Å². The van der Waals surface area contributed by atoms with Crippen LogP contribution in [0.3, 0.4) is 0 Å². The molecule has 5 heteroatoms. The van der Waals surface area contributed by atoms with Crippen LogP contribution in [-0.4, -0.2) is 12.7 Å². The number of hydrogen-bond acceptors (Lipinski definition) is 2. The van der Waals surface area contributed by atoms with Gasteiger partial charge in [-0.05, 0) is 30.5 Å². The summed E-state index contributed by atoms with van der Waals surface area (Å²) in [4.78, 5) is 0. The molecule has 3 unspecified atom stereocenters. The normalized spacial score (nSPS) is 25.5. The Balaban J connectivity index is 2.13. The van der Waals surface area contributed by atoms with Crippen molar-refractivity contribution in [3.05, 3.63) is 35.4 Å². The number of nitrogens with two attached hydrogens (primary N) is 1. The Morgan fingerprint density at radius 1 is 1.32 bits per heavy atom. The first-order valence-corrected chi connectivity index (χ1v) is 6.47. The van der Waals surface area contributed by atoms with Gasteiger partial charge in [-0.2, -0.15) is 13.2 Å². The standard InChI is InChI=1S/C14H18F3NO/c1-2-12-11(7-8-19-12)13(18)9-3-5-10(6-4-9)14(15,16)17/h3-6,11-13H,2,7-8,18H2,1H3. The first-order chi connectivity index (χ1) is 8.93. The van der Waals surface area contributed by atoms with Crippen LogP contribution in [0.15, 0.2) is 24.3 Å². The van der Waals surface area contributed by atoms with Crippen molar-refractivity contribution >= 4 is 0 Å². The molecule has 0 aliphatic carbocycles. The zero-order valence-corrected chi connectivity index (χ0v) is 10.8. The summed E-state index contributed by atoms with van der Waals surface area (Å²) >= 11 is 0. The molecule has 1 saturated heterocycles. The Morgan fingerprint density at radius 3 is 2.47 bits per heavy atom. The third-order valence-corrected chi connectivity index (χ3v) is 3.75. The van der Waals surface area contributed by atoms with E-state index in [1.165, 1.54) is 12.1 Å². The molecule has 2 rings (SSSR count). The van der Waals surface area contributed by atoms with Crippen LogP contribution in [0.2, 0.25) is 0 Å². The van der Waals surface area contributed by atoms with Crippen LogP contribution in [0.25, 0.3) is 0 Å². The molecule has 2 N–H and O–H groups in total. The lowest BCUT2D eigenvalue weighted by Gasteiger charge is -2.24. The SMILES string of the molecule is CCC1OCCC1C(N)c1ccc(C(F)(F)F)cc1. The van der Waals surface area contributed by atoms with Crippen LogP contribution in [0.5, 0.6) is 0 Å². The van der Waals surface area contributed by atoms with Gasteiger partial charge in [0.25, 0.3) is 0 Å². The van der Waals surface area contributed by atoms with Gasteiger partial charge in [-0.3, -0.25) is 0 Å². The summed E-state index contributed by atoms with van der Waals surface area (Å²) < 4.78 is 43.0. The lowest BCUT2D eigenvalue weighted by atomic mass is 9.87. The molecule has 19 heavy (non-hydrogen) atoms. The van der Waals surface area contributed by atoms with E-state index in [-0.39, 0.29) is 18.1 Å². The topological polar surface area (TPSA) is 35.2 Å². The molecular weight excluding hydrogens is 255 g/mol. The quantitative estimate of drug-likeness (QED) is 0.914. The Hall–Kier alpha value is -1.07. The van der Waals surface area contributed by atoms with Crippen molar-refractivity contribution < 1.29 is 17.9 Å². The van der Waals surface area contributed by atoms with E-state index in [4.69, 9.17) is 10.5 Å². The summed E-state index contributed by atoms with van der Waals surface area (Å²) in [5.74, 6) is 0.182. The minimum Gasteiger partial charge on any atom is -0.378 e. The molecule has 1 fully saturated rings. The zero-order valence-electron chi connectivity index (χ0n) is 10.8. The van der Waals surface area contributed by atoms with Crippen molar-refractivity contribution in [3.8, 4) is 0 Å². The molecule has 1 aromatic carbocycles. The van der Waals surface area contributed by atoms with E-state index in [0.717, 1.165) is 30.5 Å². The smallest absolute Gasteiger partial charge is 0.378 e. The average Bonchev–Trinajstić information content (AvgIpc) is 2.85. The Morgan fingerprint density at radius 2 is 1.95 bits per heavy atom. The zero-order chi connectivity index (χ0) is 14.0. The van der Waals surface area contributed by atoms with Crippen molar-refractivity contribution in [2.24, 2.45) is 11.7 Å². The monoisotopic (exact) mass is 273 g/mol. The van der Waals surface area contributed by atoms with E-state index in [2.05, 4.69) is 0 Å². The molecule has 106 valence electrons. The highest BCUT2D eigenvalue weighted by atomic mass is 19.4. The van der Waals surface area contributed by atoms with E-state index in [1.807, 2.05) is 6.92 Å². The van der Waals surface area contributed by atoms with Crippen LogP contribution < -0.4 is 5.73 Å². The van der Waals surface area contributed by atoms with Crippen LogP contribution in [0.1, 0.15) is 36.9 Å². The molecule has 1 heterocycles. The van der Waals surface area contributed by atoms with Crippen molar-refractivity contribution in [2.45, 2.75) is 38.1 Å². The fourth-order valence-electron chi connectivity index (χ4n) is 2.64. The Bertz CT molecular complexity index is 416. The van der Waals surface area contributed by atoms with Crippen LogP contribution >= 0.6 is 0 Å². The van der Waals surface area contributed by atoms with Gasteiger partial charge in [-0.15, -0.1) is 0 Å². The maximum Gasteiger partial charge on any atom is 0.416 e. The highest BCUT2D eigenvalue weighted by Gasteiger charge is 2.33. The number of rotatable bonds is 3. The Labute approximate surface area is 110 Å². The van der Waals surface area contributed by atoms with Crippen molar-refractivity contribution in [1.82, 2.24) is 0 Å². The minimum atomic E-state index is -4.30. The van der Waals surface area contributed by atoms with E-state index < -0.39 is 11.7 Å². The number of halogens is 3. The molecule has 1 aliphatic heterocycles. The first-order valence-electron chi connectivity index (χ1n) is 6.47. The fourth-order valence-corrected chi connectivity index (χ4v) is 2.64. The van der Waals surface area contributed by atoms with Gasteiger partial charge in [0.15, 0.2) is 0 Å². The van der Waals surface area contributed by atoms with Crippen LogP contribution in [0.4, 0.5) is 13.2 Å². The predicted molar refractivity (Wildman–Crippen MR) is 66.5 cm³/mol. The van der Waals surface area contributed by atoms with E-state index in [9.17, 15) is 13.2 Å². The van der Waals surface area contributed by atoms with E-state index in [0.29, 0.717) is 6.61 Å². The molecule has 0 spiro atoms. The van der Waals surface area contributed by atoms with Gasteiger partial charge in [0.2, 0.25) is 0 Å². The number of alkyl halides is 3. The lowest BCUT2D eigenvalue weighted by Crippen LogP contribution is -2.28. The molecule has 0 saturated carbocycles. The molecule has 0 radical (unpaired) electrons. The summed E-state index contributed by atoms with van der Waals surface area (Å²) in [5.41, 5.74) is 6.26. The first kappa shape index (κ1) is 14.3. The highest BCUT2D eigenvalue weighted by Crippen LogP contribution is 2.35. The molecule has 1 aromatic rings. The third kappa shape index (κ3) is 3.09. The van der Waals surface area contributed by atoms with Gasteiger partial charge >= 0.3 is 6.18 Å². The summed E-state index contributed by atoms with van der Waals surface area (Å²) in [6.45, 7) is 2.71. The van der Waals surface area contributed by atoms with E-state index in [1.54, 1.807) is 0 Å². The summed E-state index contributed by atoms with van der Waals surface area (Å²) in [7, 11) is 0. The van der Waals surface area contributed by atoms with Gasteiger partial charge in [0, 0.05) is 18.6 Å². The maximum absolute atomic E-state index is 12.5. The van der Waals surface area contributed by atoms with Crippen molar-refractivity contribution in [3.63, 3.8) is 0 Å². The summed E-state index contributed by atoms with van der Waals surface area (Å²) in [6.07, 6.45) is -2.46. The largest absolute Gasteiger partial charge is 0.416 e. The number of ether oxygens (including phenoxy) is 1. The van der Waals surface area contributed by atoms with Crippen LogP contribution in [0, 0.1) is 5.92 Å². The second-order valence-electron chi connectivity index (χ2n) is 4.92. The second kappa shape index (κ2) is 5.51. The molecule has 2 nitrogen and oxygen atoms in total. The molecule has 0 bridgehead atoms. The Kier molecular flexibility index (Phi) is 4.16. The third-order valence-electron chi connectivity index (χ3n) is 3.75. The van der Waals surface area contributed by atoms with Gasteiger partial charge < -0.3 is 10.5 Å². The van der Waals surface area contributed by atoms with Crippen molar-refractivity contribution in [2.75, 3.05) is 6.61 Å². The maximum atomic E-state index is 12.5. The molecule has 0 amide bonds. The minimum absolute atomic E-state index is 0.109. The molecular formula is C14H18F3NO. The van der Waals surface area contributed by atoms with Gasteiger partial charge in [-0.25, -0.2) is 0 Å². The van der Waals surface area contributed by atoms with Gasteiger partial charge in [0.1, 0.15) is 0 Å². The summed E-state index contributed by atoms with van der Waals surface area (Å²) in [6, 6.07) is 4.85. The molecule has 3 atom stereocenters. The lowest BCUT2D eigenvalue weighted by molar-refractivity contribution is -0.137. The van der Waals surface area contributed by atoms with Crippen molar-refractivity contribution in [1.29, 1.82) is 0 Å². The molecule has 0 aromatic heterocycles. The fraction of sp³-hybridized carbons (Fsp3) is 0.571. The van der Waals surface area contributed by atoms with E-state index >= 15 is 0 Å². The second-order valence-corrected chi connectivity index (χ2v) is 4.92. The highest BCUT2D eigenvalue weighted by molar-refractivity contribution is 5.27. The number of benzene rings is 1. The average molecular weight is 273 g/mol. The number of hydrogen-bond donors (Lipinski definition) is 1. The summed E-state index contributed by atoms with van der Waals surface area (Å²) in [5, 5.41) is 0. The predicted octanol–water partition coefficient (Wildman–Crippen LogP) is 3.52. The van der Waals surface area contributed by atoms with Gasteiger partial charge in [-0.1, -0.05) is 19.1 Å².